The van der Waals surface area contributed by atoms with E-state index < -0.39 is 119 Å². The summed E-state index contributed by atoms with van der Waals surface area (Å²) in [5, 5.41) is 11.1. The Hall–Kier alpha value is -5.60. The summed E-state index contributed by atoms with van der Waals surface area (Å²) in [5.74, 6) is -0.896. The quantitative estimate of drug-likeness (QED) is 0.213. The number of benzene rings is 7. The molecule has 0 saturated heterocycles. The molecule has 0 spiro atoms. The van der Waals surface area contributed by atoms with Gasteiger partial charge in [0.25, 0.3) is 0 Å². The largest absolute Gasteiger partial charge is 0.507 e. The molecule has 0 unspecified atom stereocenters. The second-order valence-electron chi connectivity index (χ2n) is 10.8. The van der Waals surface area contributed by atoms with E-state index in [2.05, 4.69) is 0 Å². The van der Waals surface area contributed by atoms with Gasteiger partial charge in [0.2, 0.25) is 0 Å². The van der Waals surface area contributed by atoms with Crippen LogP contribution in [0.2, 0.25) is 0 Å². The van der Waals surface area contributed by atoms with Crippen molar-refractivity contribution in [3.63, 3.8) is 0 Å². The van der Waals surface area contributed by atoms with E-state index in [-0.39, 0.29) is 79.7 Å². The number of rotatable bonds is 5. The van der Waals surface area contributed by atoms with E-state index in [1.807, 2.05) is 0 Å². The van der Waals surface area contributed by atoms with Crippen molar-refractivity contribution in [2.24, 2.45) is 0 Å². The van der Waals surface area contributed by atoms with Gasteiger partial charge in [0.1, 0.15) is 5.75 Å². The third-order valence-electron chi connectivity index (χ3n) is 7.93. The number of phenolic OH excluding ortho intramolecular Hbond substituents is 1. The molecule has 0 saturated carbocycles. The molecule has 0 fully saturated rings. The van der Waals surface area contributed by atoms with Crippen molar-refractivity contribution in [1.29, 1.82) is 0 Å². The molecule has 0 atom stereocenters. The van der Waals surface area contributed by atoms with Crippen LogP contribution in [0.4, 0.5) is 17.1 Å². The number of nitrogens with zero attached hydrogens (tertiary/aromatic N) is 1. The zero-order valence-corrected chi connectivity index (χ0v) is 23.9. The molecule has 216 valence electrons. The van der Waals surface area contributed by atoms with Gasteiger partial charge >= 0.3 is 0 Å². The first-order chi connectivity index (χ1) is 29.8. The minimum absolute atomic E-state index is 0.0127. The Kier molecular flexibility index (Phi) is 3.18. The summed E-state index contributed by atoms with van der Waals surface area (Å²) in [7, 11) is 0. The molecule has 1 aliphatic rings. The van der Waals surface area contributed by atoms with Gasteiger partial charge in [-0.05, 0) is 80.4 Å². The van der Waals surface area contributed by atoms with Crippen LogP contribution in [0.15, 0.2) is 157 Å². The van der Waals surface area contributed by atoms with E-state index in [1.165, 1.54) is 18.2 Å². The van der Waals surface area contributed by atoms with E-state index in [1.54, 1.807) is 13.8 Å². The number of para-hydroxylation sites is 2. The molecule has 8 rings (SSSR count). The predicted molar refractivity (Wildman–Crippen MR) is 189 cm³/mol. The van der Waals surface area contributed by atoms with Crippen LogP contribution >= 0.6 is 0 Å². The summed E-state index contributed by atoms with van der Waals surface area (Å²) in [4.78, 5) is 0.962. The molecule has 0 amide bonds. The highest BCUT2D eigenvalue weighted by molar-refractivity contribution is 6.11. The first kappa shape index (κ1) is 13.6. The van der Waals surface area contributed by atoms with Crippen LogP contribution in [0, 0.1) is 0 Å². The smallest absolute Gasteiger partial charge is 0.123 e. The van der Waals surface area contributed by atoms with Crippen LogP contribution < -0.4 is 4.90 Å². The maximum absolute atomic E-state index is 11.0. The monoisotopic (exact) mass is 598 g/mol. The maximum Gasteiger partial charge on any atom is 0.123 e. The molecule has 1 aliphatic carbocycles. The fourth-order valence-electron chi connectivity index (χ4n) is 5.95. The molecule has 0 aliphatic heterocycles. The van der Waals surface area contributed by atoms with Gasteiger partial charge in [0, 0.05) is 27.9 Å². The Balaban J connectivity index is 1.64. The van der Waals surface area contributed by atoms with Crippen molar-refractivity contribution in [3.8, 4) is 39.1 Å². The highest BCUT2D eigenvalue weighted by Crippen LogP contribution is 2.55. The van der Waals surface area contributed by atoms with Crippen LogP contribution in [0.5, 0.6) is 5.75 Å². The second-order valence-corrected chi connectivity index (χ2v) is 10.8. The van der Waals surface area contributed by atoms with Gasteiger partial charge in [-0.2, -0.15) is 0 Å². The Bertz CT molecular complexity index is 3220. The van der Waals surface area contributed by atoms with Gasteiger partial charge in [-0.3, -0.25) is 0 Å². The summed E-state index contributed by atoms with van der Waals surface area (Å²) in [5.41, 5.74) is -4.28. The van der Waals surface area contributed by atoms with Gasteiger partial charge in [-0.15, -0.1) is 0 Å². The van der Waals surface area contributed by atoms with E-state index in [9.17, 15) is 14.7 Å². The van der Waals surface area contributed by atoms with Crippen molar-refractivity contribution < 1.29 is 31.2 Å². The van der Waals surface area contributed by atoms with Gasteiger partial charge in [-0.25, -0.2) is 0 Å². The minimum atomic E-state index is -1.37. The lowest BCUT2D eigenvalue weighted by Crippen LogP contribution is -2.25. The van der Waals surface area contributed by atoms with Crippen LogP contribution in [-0.4, -0.2) is 5.11 Å². The van der Waals surface area contributed by atoms with Crippen molar-refractivity contribution in [2.45, 2.75) is 19.3 Å². The summed E-state index contributed by atoms with van der Waals surface area (Å²) in [6, 6.07) is -3.03. The van der Waals surface area contributed by atoms with Gasteiger partial charge in [0.15, 0.2) is 0 Å². The van der Waals surface area contributed by atoms with Crippen LogP contribution in [-0.2, 0) is 5.41 Å². The number of hydrogen-bond donors (Lipinski definition) is 1. The summed E-state index contributed by atoms with van der Waals surface area (Å²) in [6.07, 6.45) is 0. The molecule has 0 aromatic heterocycles. The standard InChI is InChI=1S/C43H33NO/c1-43(2)37-21-11-15-31-25-28-38(41(40(31)37)36-20-12-19-35(42(36)43)29-13-5-3-6-14-29)44(32-16-7-4-8-17-32)33-26-23-30(24-27-33)34-18-9-10-22-39(34)45/h3-28,45H,1-2H3/i4D,5D,6D,7D,9D,11D,12D,13D,15D,17D,18D,19D,20D,22D,23D,24D,26D,27D,28D. The fourth-order valence-corrected chi connectivity index (χ4v) is 5.95. The van der Waals surface area contributed by atoms with Crippen LogP contribution in [0.25, 0.3) is 44.2 Å². The zero-order valence-electron chi connectivity index (χ0n) is 42.9. The Labute approximate surface area is 291 Å². The first-order valence-corrected chi connectivity index (χ1v) is 13.9. The predicted octanol–water partition coefficient (Wildman–Crippen LogP) is 11.7. The van der Waals surface area contributed by atoms with Crippen molar-refractivity contribution in [3.05, 3.63) is 168 Å². The molecule has 7 aromatic rings. The molecular formula is C43H33NO. The fraction of sp³-hybridized carbons (Fsp3) is 0.0698. The van der Waals surface area contributed by atoms with Crippen molar-refractivity contribution in [1.82, 2.24) is 0 Å². The zero-order chi connectivity index (χ0) is 47.1. The summed E-state index contributed by atoms with van der Waals surface area (Å²) >= 11 is 0. The third kappa shape index (κ3) is 4.33. The van der Waals surface area contributed by atoms with E-state index in [4.69, 9.17) is 16.4 Å². The summed E-state index contributed by atoms with van der Waals surface area (Å²) in [6.45, 7) is 3.38. The molecule has 45 heavy (non-hydrogen) atoms. The average molecular weight is 599 g/mol. The molecule has 0 heterocycles. The second kappa shape index (κ2) is 10.5. The lowest BCUT2D eigenvalue weighted by atomic mass is 9.66. The van der Waals surface area contributed by atoms with Crippen molar-refractivity contribution in [2.75, 3.05) is 4.90 Å². The molecule has 7 aromatic carbocycles. The lowest BCUT2D eigenvalue weighted by Gasteiger charge is -2.39. The topological polar surface area (TPSA) is 23.5 Å². The maximum atomic E-state index is 11.0. The number of hydrogen-bond acceptors (Lipinski definition) is 2. The average Bonchev–Trinajstić information content (AvgIpc) is 3.22. The molecule has 2 nitrogen and oxygen atoms in total. The molecule has 0 bridgehead atoms. The van der Waals surface area contributed by atoms with Gasteiger partial charge in [-0.1, -0.05) is 135 Å². The molecule has 2 heteroatoms. The highest BCUT2D eigenvalue weighted by Gasteiger charge is 2.37. The summed E-state index contributed by atoms with van der Waals surface area (Å²) < 4.78 is 170. The highest BCUT2D eigenvalue weighted by atomic mass is 16.3. The van der Waals surface area contributed by atoms with Crippen LogP contribution in [0.3, 0.4) is 0 Å². The van der Waals surface area contributed by atoms with E-state index >= 15 is 0 Å². The third-order valence-corrected chi connectivity index (χ3v) is 7.93. The van der Waals surface area contributed by atoms with E-state index in [0.29, 0.717) is 0 Å². The Morgan fingerprint density at radius 3 is 2.27 bits per heavy atom. The molecule has 0 radical (unpaired) electrons. The lowest BCUT2D eigenvalue weighted by molar-refractivity contribution is 0.477. The molecule has 1 N–H and O–H groups in total. The number of aromatic hydroxyl groups is 1. The van der Waals surface area contributed by atoms with Crippen LogP contribution in [0.1, 0.15) is 51.0 Å². The number of fused-ring (bicyclic) bond motifs is 2. The number of phenols is 1. The SMILES string of the molecule is [2H]c1cc([2H])c([2H])c(-c2c([2H])c([2H])c([2H])c3c2C(C)(C)c2cc([2H])c([2H])c4cc([2H])c(N(c5cc([2H])c([2H])cc5[2H])c5c([2H])c([2H])c(-c6c([2H])c([2H])cc([2H])c6O)c([2H])c5[2H])c-3c24)c1. The molecular weight excluding hydrogens is 546 g/mol. The number of anilines is 3. The van der Waals surface area contributed by atoms with Crippen molar-refractivity contribution >= 4 is 27.8 Å². The van der Waals surface area contributed by atoms with E-state index in [0.717, 1.165) is 29.2 Å². The normalized spacial score (nSPS) is 18.8. The van der Waals surface area contributed by atoms with Gasteiger partial charge in [0.05, 0.1) is 31.7 Å². The first-order valence-electron chi connectivity index (χ1n) is 23.4. The Morgan fingerprint density at radius 2 is 1.38 bits per heavy atom. The minimum Gasteiger partial charge on any atom is -0.507 e. The Morgan fingerprint density at radius 1 is 0.578 bits per heavy atom. The van der Waals surface area contributed by atoms with Gasteiger partial charge < -0.3 is 10.0 Å².